The smallest absolute Gasteiger partial charge is 0.321 e. The SMILES string of the molecule is CCCNC(=O)NC(=O)CN1CCN(C(=O)C(C)C)CC1. The van der Waals surface area contributed by atoms with E-state index in [1.54, 1.807) is 0 Å². The maximum absolute atomic E-state index is 11.8. The van der Waals surface area contributed by atoms with Crippen molar-refractivity contribution in [3.8, 4) is 0 Å². The van der Waals surface area contributed by atoms with Crippen molar-refractivity contribution in [2.75, 3.05) is 39.3 Å². The number of nitrogens with one attached hydrogen (secondary N) is 2. The van der Waals surface area contributed by atoms with Gasteiger partial charge in [0.05, 0.1) is 6.54 Å². The molecule has 0 spiro atoms. The Morgan fingerprint density at radius 2 is 1.71 bits per heavy atom. The van der Waals surface area contributed by atoms with Crippen LogP contribution in [0.15, 0.2) is 0 Å². The third kappa shape index (κ3) is 6.12. The Hall–Kier alpha value is -1.63. The monoisotopic (exact) mass is 298 g/mol. The van der Waals surface area contributed by atoms with Crippen LogP contribution in [-0.4, -0.2) is 66.9 Å². The number of nitrogens with zero attached hydrogens (tertiary/aromatic N) is 2. The normalized spacial score (nSPS) is 15.9. The van der Waals surface area contributed by atoms with E-state index in [-0.39, 0.29) is 24.3 Å². The minimum Gasteiger partial charge on any atom is -0.340 e. The van der Waals surface area contributed by atoms with Crippen LogP contribution in [0.2, 0.25) is 0 Å². The zero-order valence-electron chi connectivity index (χ0n) is 13.1. The van der Waals surface area contributed by atoms with Crippen molar-refractivity contribution >= 4 is 17.8 Å². The Morgan fingerprint density at radius 3 is 2.24 bits per heavy atom. The van der Waals surface area contributed by atoms with E-state index >= 15 is 0 Å². The van der Waals surface area contributed by atoms with Gasteiger partial charge in [-0.25, -0.2) is 4.79 Å². The van der Waals surface area contributed by atoms with Crippen molar-refractivity contribution in [2.45, 2.75) is 27.2 Å². The van der Waals surface area contributed by atoms with Gasteiger partial charge in [0.15, 0.2) is 0 Å². The van der Waals surface area contributed by atoms with E-state index in [0.717, 1.165) is 6.42 Å². The molecule has 1 rings (SSSR count). The summed E-state index contributed by atoms with van der Waals surface area (Å²) in [6.07, 6.45) is 0.827. The third-order valence-corrected chi connectivity index (χ3v) is 3.33. The average molecular weight is 298 g/mol. The molecule has 4 amide bonds. The predicted octanol–water partition coefficient (Wildman–Crippen LogP) is 0.0224. The van der Waals surface area contributed by atoms with Gasteiger partial charge in [-0.05, 0) is 6.42 Å². The van der Waals surface area contributed by atoms with Crippen molar-refractivity contribution in [1.82, 2.24) is 20.4 Å². The Kier molecular flexibility index (Phi) is 7.14. The zero-order valence-corrected chi connectivity index (χ0v) is 13.1. The highest BCUT2D eigenvalue weighted by Gasteiger charge is 2.24. The maximum atomic E-state index is 11.8. The first-order valence-corrected chi connectivity index (χ1v) is 7.52. The van der Waals surface area contributed by atoms with Crippen LogP contribution in [0.5, 0.6) is 0 Å². The highest BCUT2D eigenvalue weighted by molar-refractivity contribution is 5.95. The number of hydrogen-bond donors (Lipinski definition) is 2. The molecule has 21 heavy (non-hydrogen) atoms. The number of urea groups is 1. The lowest BCUT2D eigenvalue weighted by Crippen LogP contribution is -2.53. The van der Waals surface area contributed by atoms with E-state index in [0.29, 0.717) is 32.7 Å². The quantitative estimate of drug-likeness (QED) is 0.750. The fourth-order valence-electron chi connectivity index (χ4n) is 2.14. The standard InChI is InChI=1S/C14H26N4O3/c1-4-5-15-14(21)16-12(19)10-17-6-8-18(9-7-17)13(20)11(2)3/h11H,4-10H2,1-3H3,(H2,15,16,19,21). The number of imide groups is 1. The van der Waals surface area contributed by atoms with E-state index in [9.17, 15) is 14.4 Å². The fraction of sp³-hybridized carbons (Fsp3) is 0.786. The van der Waals surface area contributed by atoms with Crippen LogP contribution in [0, 0.1) is 5.92 Å². The summed E-state index contributed by atoms with van der Waals surface area (Å²) in [6, 6.07) is -0.449. The molecule has 0 saturated carbocycles. The minimum absolute atomic E-state index is 0.00195. The number of carbonyl (C=O) groups is 3. The highest BCUT2D eigenvalue weighted by atomic mass is 16.2. The van der Waals surface area contributed by atoms with Crippen molar-refractivity contribution < 1.29 is 14.4 Å². The molecule has 120 valence electrons. The Bertz CT molecular complexity index is 376. The lowest BCUT2D eigenvalue weighted by molar-refractivity contribution is -0.136. The van der Waals surface area contributed by atoms with Crippen molar-refractivity contribution in [3.05, 3.63) is 0 Å². The van der Waals surface area contributed by atoms with Crippen LogP contribution >= 0.6 is 0 Å². The molecule has 2 N–H and O–H groups in total. The van der Waals surface area contributed by atoms with Gasteiger partial charge in [0.1, 0.15) is 0 Å². The van der Waals surface area contributed by atoms with E-state index in [2.05, 4.69) is 10.6 Å². The summed E-state index contributed by atoms with van der Waals surface area (Å²) < 4.78 is 0. The predicted molar refractivity (Wildman–Crippen MR) is 79.7 cm³/mol. The van der Waals surface area contributed by atoms with Crippen molar-refractivity contribution in [3.63, 3.8) is 0 Å². The maximum Gasteiger partial charge on any atom is 0.321 e. The summed E-state index contributed by atoms with van der Waals surface area (Å²) in [4.78, 5) is 38.7. The minimum atomic E-state index is -0.449. The number of amides is 4. The highest BCUT2D eigenvalue weighted by Crippen LogP contribution is 2.06. The van der Waals surface area contributed by atoms with Gasteiger partial charge in [-0.15, -0.1) is 0 Å². The van der Waals surface area contributed by atoms with Crippen molar-refractivity contribution in [2.24, 2.45) is 5.92 Å². The second-order valence-corrected chi connectivity index (χ2v) is 5.56. The summed E-state index contributed by atoms with van der Waals surface area (Å²) in [7, 11) is 0. The topological polar surface area (TPSA) is 81.8 Å². The molecule has 7 heteroatoms. The molecule has 1 aliphatic rings. The molecule has 0 aliphatic carbocycles. The second kappa shape index (κ2) is 8.61. The van der Waals surface area contributed by atoms with Gasteiger partial charge in [0, 0.05) is 38.6 Å². The summed E-state index contributed by atoms with van der Waals surface area (Å²) >= 11 is 0. The Labute approximate surface area is 126 Å². The molecule has 1 saturated heterocycles. The molecule has 0 bridgehead atoms. The molecule has 1 fully saturated rings. The van der Waals surface area contributed by atoms with E-state index < -0.39 is 6.03 Å². The lowest BCUT2D eigenvalue weighted by atomic mass is 10.1. The molecule has 1 aliphatic heterocycles. The Balaban J connectivity index is 2.27. The summed E-state index contributed by atoms with van der Waals surface area (Å²) in [5.41, 5.74) is 0. The number of hydrogen-bond acceptors (Lipinski definition) is 4. The lowest BCUT2D eigenvalue weighted by Gasteiger charge is -2.35. The van der Waals surface area contributed by atoms with Gasteiger partial charge < -0.3 is 10.2 Å². The first kappa shape index (κ1) is 17.4. The molecule has 0 aromatic rings. The fourth-order valence-corrected chi connectivity index (χ4v) is 2.14. The van der Waals surface area contributed by atoms with Crippen LogP contribution in [0.1, 0.15) is 27.2 Å². The average Bonchev–Trinajstić information content (AvgIpc) is 2.44. The van der Waals surface area contributed by atoms with Gasteiger partial charge in [0.2, 0.25) is 11.8 Å². The molecule has 0 aromatic heterocycles. The molecular weight excluding hydrogens is 272 g/mol. The number of piperazine rings is 1. The van der Waals surface area contributed by atoms with Gasteiger partial charge in [-0.3, -0.25) is 19.8 Å². The largest absolute Gasteiger partial charge is 0.340 e. The van der Waals surface area contributed by atoms with E-state index in [4.69, 9.17) is 0 Å². The van der Waals surface area contributed by atoms with Crippen LogP contribution in [0.4, 0.5) is 4.79 Å². The first-order chi connectivity index (χ1) is 9.93. The van der Waals surface area contributed by atoms with Crippen molar-refractivity contribution in [1.29, 1.82) is 0 Å². The summed E-state index contributed by atoms with van der Waals surface area (Å²) in [5.74, 6) is -0.160. The van der Waals surface area contributed by atoms with Gasteiger partial charge in [0.25, 0.3) is 0 Å². The molecule has 0 radical (unpaired) electrons. The first-order valence-electron chi connectivity index (χ1n) is 7.52. The van der Waals surface area contributed by atoms with Gasteiger partial charge in [-0.2, -0.15) is 0 Å². The molecule has 1 heterocycles. The van der Waals surface area contributed by atoms with Gasteiger partial charge in [-0.1, -0.05) is 20.8 Å². The van der Waals surface area contributed by atoms with Crippen LogP contribution < -0.4 is 10.6 Å². The molecule has 0 aromatic carbocycles. The van der Waals surface area contributed by atoms with Crippen LogP contribution in [0.25, 0.3) is 0 Å². The third-order valence-electron chi connectivity index (χ3n) is 3.33. The molecule has 0 unspecified atom stereocenters. The van der Waals surface area contributed by atoms with E-state index in [1.165, 1.54) is 0 Å². The van der Waals surface area contributed by atoms with Gasteiger partial charge >= 0.3 is 6.03 Å². The summed E-state index contributed by atoms with van der Waals surface area (Å²) in [6.45, 7) is 9.02. The number of carbonyl (C=O) groups excluding carboxylic acids is 3. The van der Waals surface area contributed by atoms with Crippen LogP contribution in [0.3, 0.4) is 0 Å². The van der Waals surface area contributed by atoms with E-state index in [1.807, 2.05) is 30.6 Å². The summed E-state index contributed by atoms with van der Waals surface area (Å²) in [5, 5.41) is 4.90. The number of rotatable bonds is 5. The molecular formula is C14H26N4O3. The second-order valence-electron chi connectivity index (χ2n) is 5.56. The molecule has 0 atom stereocenters. The van der Waals surface area contributed by atoms with Crippen LogP contribution in [-0.2, 0) is 9.59 Å². The zero-order chi connectivity index (χ0) is 15.8. The molecule has 7 nitrogen and oxygen atoms in total. The Morgan fingerprint density at radius 1 is 1.10 bits per heavy atom.